The van der Waals surface area contributed by atoms with E-state index in [0.717, 1.165) is 62.4 Å². The summed E-state index contributed by atoms with van der Waals surface area (Å²) in [6, 6.07) is 17.0. The number of aryl methyl sites for hydroxylation is 1. The molecule has 1 aromatic heterocycles. The number of hydrogen-bond acceptors (Lipinski definition) is 6. The first kappa shape index (κ1) is 21.9. The number of nitrogens with one attached hydrogen (secondary N) is 1. The summed E-state index contributed by atoms with van der Waals surface area (Å²) in [7, 11) is 1.70. The zero-order valence-corrected chi connectivity index (χ0v) is 19.8. The van der Waals surface area contributed by atoms with Crippen LogP contribution >= 0.6 is 0 Å². The Bertz CT molecular complexity index is 1080. The molecule has 0 amide bonds. The zero-order valence-electron chi connectivity index (χ0n) is 19.8. The van der Waals surface area contributed by atoms with E-state index in [1.54, 1.807) is 7.11 Å². The van der Waals surface area contributed by atoms with Crippen LogP contribution in [0.3, 0.4) is 0 Å². The van der Waals surface area contributed by atoms with E-state index in [1.165, 1.54) is 11.1 Å². The molecule has 33 heavy (non-hydrogen) atoms. The summed E-state index contributed by atoms with van der Waals surface area (Å²) in [4.78, 5) is 9.82. The largest absolute Gasteiger partial charge is 0.493 e. The van der Waals surface area contributed by atoms with Crippen molar-refractivity contribution >= 4 is 0 Å². The van der Waals surface area contributed by atoms with Gasteiger partial charge in [0.25, 0.3) is 0 Å². The predicted molar refractivity (Wildman–Crippen MR) is 127 cm³/mol. The van der Waals surface area contributed by atoms with Crippen molar-refractivity contribution in [2.45, 2.75) is 32.9 Å². The van der Waals surface area contributed by atoms with Crippen molar-refractivity contribution in [2.24, 2.45) is 5.41 Å². The number of likely N-dealkylation sites (tertiary alicyclic amines) is 2. The van der Waals surface area contributed by atoms with E-state index in [0.29, 0.717) is 12.5 Å². The molecule has 174 valence electrons. The van der Waals surface area contributed by atoms with Gasteiger partial charge >= 0.3 is 0 Å². The van der Waals surface area contributed by atoms with E-state index in [9.17, 15) is 0 Å². The monoisotopic (exact) mass is 447 g/mol. The third-order valence-electron chi connectivity index (χ3n) is 6.90. The fraction of sp³-hybridized carbons (Fsp3) is 0.462. The lowest BCUT2D eigenvalue weighted by molar-refractivity contribution is -0.0111. The van der Waals surface area contributed by atoms with Crippen LogP contribution in [0.5, 0.6) is 11.5 Å². The van der Waals surface area contributed by atoms with Gasteiger partial charge in [0.1, 0.15) is 5.82 Å². The second kappa shape index (κ2) is 9.15. The van der Waals surface area contributed by atoms with Gasteiger partial charge in [0.2, 0.25) is 0 Å². The molecule has 0 saturated carbocycles. The maximum atomic E-state index is 5.67. The molecule has 5 rings (SSSR count). The van der Waals surface area contributed by atoms with Crippen molar-refractivity contribution < 1.29 is 9.47 Å². The van der Waals surface area contributed by atoms with Crippen LogP contribution in [0.1, 0.15) is 35.6 Å². The molecular weight excluding hydrogens is 414 g/mol. The Kier molecular flexibility index (Phi) is 6.08. The van der Waals surface area contributed by atoms with Crippen molar-refractivity contribution in [1.82, 2.24) is 25.0 Å². The molecule has 7 heteroatoms. The van der Waals surface area contributed by atoms with Crippen LogP contribution in [-0.4, -0.2) is 64.9 Å². The lowest BCUT2D eigenvalue weighted by Gasteiger charge is -2.50. The van der Waals surface area contributed by atoms with Crippen molar-refractivity contribution in [3.05, 3.63) is 71.3 Å². The third kappa shape index (κ3) is 4.48. The highest BCUT2D eigenvalue weighted by atomic mass is 16.5. The van der Waals surface area contributed by atoms with Gasteiger partial charge in [0, 0.05) is 50.6 Å². The number of H-pyrrole nitrogens is 1. The Balaban J connectivity index is 1.29. The van der Waals surface area contributed by atoms with Crippen molar-refractivity contribution in [2.75, 3.05) is 39.9 Å². The molecule has 1 atom stereocenters. The van der Waals surface area contributed by atoms with Gasteiger partial charge in [-0.1, -0.05) is 36.4 Å². The number of aromatic nitrogens is 3. The molecule has 1 unspecified atom stereocenters. The molecule has 2 aliphatic heterocycles. The quantitative estimate of drug-likeness (QED) is 0.569. The smallest absolute Gasteiger partial charge is 0.161 e. The zero-order chi connectivity index (χ0) is 22.8. The number of methoxy groups -OCH3 is 1. The van der Waals surface area contributed by atoms with Crippen LogP contribution in [-0.2, 0) is 13.1 Å². The van der Waals surface area contributed by atoms with Gasteiger partial charge in [-0.05, 0) is 37.1 Å². The summed E-state index contributed by atoms with van der Waals surface area (Å²) < 4.78 is 11.2. The molecule has 1 N–H and O–H groups in total. The second-order valence-electron chi connectivity index (χ2n) is 9.41. The summed E-state index contributed by atoms with van der Waals surface area (Å²) in [5.41, 5.74) is 2.80. The fourth-order valence-electron chi connectivity index (χ4n) is 5.53. The van der Waals surface area contributed by atoms with E-state index in [-0.39, 0.29) is 5.41 Å². The van der Waals surface area contributed by atoms with Crippen LogP contribution in [0.2, 0.25) is 0 Å². The first-order chi connectivity index (χ1) is 16.1. The van der Waals surface area contributed by atoms with Crippen LogP contribution in [0, 0.1) is 12.3 Å². The minimum atomic E-state index is 0.193. The van der Waals surface area contributed by atoms with Gasteiger partial charge in [0.15, 0.2) is 17.3 Å². The van der Waals surface area contributed by atoms with E-state index < -0.39 is 0 Å². The summed E-state index contributed by atoms with van der Waals surface area (Å²) >= 11 is 0. The average molecular weight is 448 g/mol. The summed E-state index contributed by atoms with van der Waals surface area (Å²) in [6.07, 6.45) is 0. The van der Waals surface area contributed by atoms with Gasteiger partial charge < -0.3 is 9.47 Å². The molecule has 2 aromatic carbocycles. The van der Waals surface area contributed by atoms with Gasteiger partial charge in [-0.15, -0.1) is 0 Å². The molecule has 0 aliphatic carbocycles. The van der Waals surface area contributed by atoms with Crippen LogP contribution < -0.4 is 9.47 Å². The van der Waals surface area contributed by atoms with E-state index in [2.05, 4.69) is 62.5 Å². The number of benzene rings is 2. The molecule has 3 heterocycles. The molecule has 1 spiro atoms. The molecule has 0 radical (unpaired) electrons. The maximum Gasteiger partial charge on any atom is 0.161 e. The molecular formula is C26H33N5O2. The van der Waals surface area contributed by atoms with Crippen LogP contribution in [0.4, 0.5) is 0 Å². The highest BCUT2D eigenvalue weighted by molar-refractivity contribution is 5.43. The molecule has 2 saturated heterocycles. The van der Waals surface area contributed by atoms with Gasteiger partial charge in [-0.3, -0.25) is 14.9 Å². The maximum absolute atomic E-state index is 5.67. The topological polar surface area (TPSA) is 66.5 Å². The Hall–Kier alpha value is -2.90. The van der Waals surface area contributed by atoms with E-state index in [4.69, 9.17) is 14.5 Å². The number of hydrogen-bond donors (Lipinski definition) is 1. The minimum Gasteiger partial charge on any atom is -0.493 e. The van der Waals surface area contributed by atoms with Crippen molar-refractivity contribution in [1.29, 1.82) is 0 Å². The second-order valence-corrected chi connectivity index (χ2v) is 9.41. The first-order valence-electron chi connectivity index (χ1n) is 11.8. The molecule has 2 aliphatic rings. The van der Waals surface area contributed by atoms with Gasteiger partial charge in [-0.25, -0.2) is 4.98 Å². The van der Waals surface area contributed by atoms with E-state index in [1.807, 2.05) is 19.9 Å². The Morgan fingerprint density at radius 3 is 2.45 bits per heavy atom. The van der Waals surface area contributed by atoms with Gasteiger partial charge in [-0.2, -0.15) is 5.10 Å². The van der Waals surface area contributed by atoms with E-state index >= 15 is 0 Å². The number of ether oxygens (including phenoxy) is 2. The third-order valence-corrected chi connectivity index (χ3v) is 6.90. The van der Waals surface area contributed by atoms with Crippen molar-refractivity contribution in [3.63, 3.8) is 0 Å². The molecule has 3 aromatic rings. The van der Waals surface area contributed by atoms with Crippen LogP contribution in [0.25, 0.3) is 0 Å². The normalized spacial score (nSPS) is 20.2. The minimum absolute atomic E-state index is 0.193. The molecule has 2 fully saturated rings. The molecule has 7 nitrogen and oxygen atoms in total. The van der Waals surface area contributed by atoms with Crippen molar-refractivity contribution in [3.8, 4) is 11.5 Å². The summed E-state index contributed by atoms with van der Waals surface area (Å²) in [6.45, 7) is 10.6. The van der Waals surface area contributed by atoms with Gasteiger partial charge in [0.05, 0.1) is 13.7 Å². The van der Waals surface area contributed by atoms with Crippen LogP contribution in [0.15, 0.2) is 48.5 Å². The number of aromatic amines is 1. The summed E-state index contributed by atoms with van der Waals surface area (Å²) in [5.74, 6) is 3.80. The first-order valence-corrected chi connectivity index (χ1v) is 11.8. The number of nitrogens with zero attached hydrogens (tertiary/aromatic N) is 4. The summed E-state index contributed by atoms with van der Waals surface area (Å²) in [5, 5.41) is 7.62. The Morgan fingerprint density at radius 1 is 1.00 bits per heavy atom. The highest BCUT2D eigenvalue weighted by Gasteiger charge is 2.55. The molecule has 0 bridgehead atoms. The average Bonchev–Trinajstić information content (AvgIpc) is 3.39. The fourth-order valence-corrected chi connectivity index (χ4v) is 5.53. The standard InChI is InChI=1S/C26H33N5O2/c1-4-33-23-11-10-21(12-24(23)32-3)14-31-17-26(18-31)16-30(13-20-8-6-5-7-9-20)15-22(26)25-27-19(2)28-29-25/h5-12,22H,4,13-18H2,1-3H3,(H,27,28,29). The lowest BCUT2D eigenvalue weighted by Crippen LogP contribution is -2.59. The Morgan fingerprint density at radius 2 is 1.76 bits per heavy atom. The SMILES string of the molecule is CCOc1ccc(CN2CC3(CN(Cc4ccccc4)CC3c3n[nH]c(C)n3)C2)cc1OC. The highest BCUT2D eigenvalue weighted by Crippen LogP contribution is 2.49. The number of rotatable bonds is 8. The Labute approximate surface area is 195 Å². The lowest BCUT2D eigenvalue weighted by atomic mass is 9.71. The predicted octanol–water partition coefficient (Wildman–Crippen LogP) is 3.62.